The van der Waals surface area contributed by atoms with Crippen molar-refractivity contribution in [3.05, 3.63) is 81.4 Å². The quantitative estimate of drug-likeness (QED) is 0.256. The van der Waals surface area contributed by atoms with E-state index < -0.39 is 0 Å². The van der Waals surface area contributed by atoms with Crippen LogP contribution in [0.4, 0.5) is 11.4 Å². The monoisotopic (exact) mass is 474 g/mol. The van der Waals surface area contributed by atoms with Crippen molar-refractivity contribution >= 4 is 52.8 Å². The van der Waals surface area contributed by atoms with E-state index in [1.54, 1.807) is 48.8 Å². The van der Waals surface area contributed by atoms with Gasteiger partial charge in [0.05, 0.1) is 11.4 Å². The number of H-pyrrole nitrogens is 2. The molecule has 0 aliphatic heterocycles. The number of aryl methyl sites for hydroxylation is 2. The molecule has 0 bridgehead atoms. The second-order valence-corrected chi connectivity index (χ2v) is 8.07. The number of nitrogens with two attached hydrogens (primary N) is 2. The number of anilines is 2. The lowest BCUT2D eigenvalue weighted by atomic mass is 9.89. The van der Waals surface area contributed by atoms with Gasteiger partial charge in [-0.2, -0.15) is 0 Å². The Labute approximate surface area is 196 Å². The minimum Gasteiger partial charge on any atom is -0.397 e. The fourth-order valence-electron chi connectivity index (χ4n) is 3.80. The smallest absolute Gasteiger partial charge is 0.194 e. The highest BCUT2D eigenvalue weighted by molar-refractivity contribution is 6.32. The summed E-state index contributed by atoms with van der Waals surface area (Å²) in [5.41, 5.74) is 19.0. The van der Waals surface area contributed by atoms with Gasteiger partial charge in [0, 0.05) is 56.1 Å². The number of halogens is 3. The molecule has 0 spiro atoms. The molecule has 0 atom stereocenters. The summed E-state index contributed by atoms with van der Waals surface area (Å²) in [5, 5.41) is 1.03. The molecule has 160 valence electrons. The van der Waals surface area contributed by atoms with Gasteiger partial charge in [-0.25, -0.2) is 0 Å². The molecule has 8 heteroatoms. The van der Waals surface area contributed by atoms with Crippen molar-refractivity contribution in [3.8, 4) is 22.3 Å². The van der Waals surface area contributed by atoms with Crippen LogP contribution < -0.4 is 11.5 Å². The van der Waals surface area contributed by atoms with Gasteiger partial charge in [0.2, 0.25) is 0 Å². The van der Waals surface area contributed by atoms with Crippen LogP contribution in [0.15, 0.2) is 48.8 Å². The summed E-state index contributed by atoms with van der Waals surface area (Å²) >= 11 is 12.5. The molecule has 0 aliphatic rings. The van der Waals surface area contributed by atoms with E-state index >= 15 is 0 Å². The van der Waals surface area contributed by atoms with Gasteiger partial charge >= 0.3 is 0 Å². The topological polar surface area (TPSA) is 101 Å². The van der Waals surface area contributed by atoms with Crippen LogP contribution >= 0.6 is 35.6 Å². The van der Waals surface area contributed by atoms with Crippen molar-refractivity contribution < 1.29 is 4.79 Å². The zero-order chi connectivity index (χ0) is 21.6. The first-order valence-corrected chi connectivity index (χ1v) is 10.0. The van der Waals surface area contributed by atoms with Crippen LogP contribution in [0.2, 0.25) is 10.0 Å². The van der Waals surface area contributed by atoms with Crippen molar-refractivity contribution in [2.75, 3.05) is 11.5 Å². The number of hydrogen-bond donors (Lipinski definition) is 4. The van der Waals surface area contributed by atoms with E-state index in [-0.39, 0.29) is 18.2 Å². The zero-order valence-electron chi connectivity index (χ0n) is 16.8. The highest BCUT2D eigenvalue weighted by atomic mass is 35.5. The van der Waals surface area contributed by atoms with Crippen LogP contribution in [-0.4, -0.2) is 15.8 Å². The third kappa shape index (κ3) is 4.04. The second kappa shape index (κ2) is 8.71. The second-order valence-electron chi connectivity index (χ2n) is 7.20. The Kier molecular flexibility index (Phi) is 6.41. The predicted octanol–water partition coefficient (Wildman–Crippen LogP) is 6.42. The molecule has 6 N–H and O–H groups in total. The minimum absolute atomic E-state index is 0. The molecule has 31 heavy (non-hydrogen) atoms. The standard InChI is InChI=1S/C23H20Cl2N4O.ClH/c1-11-21(19(26)9-28-11)17-7-13(24)3-5-15(17)23(30)16-6-4-14(25)8-18(16)22-12(2)29-10-20(22)27;/h3-10,28-29H,26-27H2,1-2H3;1H. The van der Waals surface area contributed by atoms with Crippen LogP contribution in [0.1, 0.15) is 27.3 Å². The third-order valence-electron chi connectivity index (χ3n) is 5.21. The molecule has 0 radical (unpaired) electrons. The number of carbonyl (C=O) groups excluding carboxylic acids is 1. The number of benzene rings is 2. The molecule has 5 nitrogen and oxygen atoms in total. The van der Waals surface area contributed by atoms with Gasteiger partial charge < -0.3 is 21.4 Å². The summed E-state index contributed by atoms with van der Waals surface area (Å²) in [6.45, 7) is 3.80. The molecule has 2 aromatic carbocycles. The summed E-state index contributed by atoms with van der Waals surface area (Å²) in [5.74, 6) is -0.173. The lowest BCUT2D eigenvalue weighted by molar-refractivity contribution is 0.104. The van der Waals surface area contributed by atoms with Crippen LogP contribution in [0.3, 0.4) is 0 Å². The Bertz CT molecular complexity index is 1150. The van der Waals surface area contributed by atoms with Gasteiger partial charge in [0.25, 0.3) is 0 Å². The summed E-state index contributed by atoms with van der Waals surface area (Å²) in [4.78, 5) is 20.0. The summed E-state index contributed by atoms with van der Waals surface area (Å²) in [6.07, 6.45) is 3.41. The Morgan fingerprint density at radius 3 is 1.48 bits per heavy atom. The summed E-state index contributed by atoms with van der Waals surface area (Å²) < 4.78 is 0. The lowest BCUT2D eigenvalue weighted by Crippen LogP contribution is -2.07. The van der Waals surface area contributed by atoms with Gasteiger partial charge in [-0.05, 0) is 61.4 Å². The Hall–Kier alpha value is -2.86. The largest absolute Gasteiger partial charge is 0.397 e. The van der Waals surface area contributed by atoms with E-state index in [1.807, 2.05) is 13.8 Å². The maximum Gasteiger partial charge on any atom is 0.194 e. The molecule has 4 aromatic rings. The van der Waals surface area contributed by atoms with E-state index in [9.17, 15) is 4.79 Å². The highest BCUT2D eigenvalue weighted by Gasteiger charge is 2.23. The number of aromatic nitrogens is 2. The highest BCUT2D eigenvalue weighted by Crippen LogP contribution is 2.38. The van der Waals surface area contributed by atoms with E-state index in [1.165, 1.54) is 0 Å². The van der Waals surface area contributed by atoms with Crippen molar-refractivity contribution in [2.45, 2.75) is 13.8 Å². The maximum atomic E-state index is 13.8. The SMILES string of the molecule is Cc1[nH]cc(N)c1-c1cc(Cl)ccc1C(=O)c1ccc(Cl)cc1-c1c(N)c[nH]c1C.Cl. The van der Waals surface area contributed by atoms with Crippen molar-refractivity contribution in [2.24, 2.45) is 0 Å². The van der Waals surface area contributed by atoms with Gasteiger partial charge in [-0.15, -0.1) is 12.4 Å². The van der Waals surface area contributed by atoms with Crippen LogP contribution in [0.5, 0.6) is 0 Å². The van der Waals surface area contributed by atoms with E-state index in [2.05, 4.69) is 9.97 Å². The molecular formula is C23H21Cl3N4O. The van der Waals surface area contributed by atoms with Gasteiger partial charge in [-0.3, -0.25) is 4.79 Å². The van der Waals surface area contributed by atoms with Crippen LogP contribution in [-0.2, 0) is 0 Å². The van der Waals surface area contributed by atoms with Crippen LogP contribution in [0, 0.1) is 13.8 Å². The molecule has 0 unspecified atom stereocenters. The average molecular weight is 476 g/mol. The van der Waals surface area contributed by atoms with Crippen molar-refractivity contribution in [1.82, 2.24) is 9.97 Å². The van der Waals surface area contributed by atoms with Gasteiger partial charge in [-0.1, -0.05) is 23.2 Å². The third-order valence-corrected chi connectivity index (χ3v) is 5.68. The van der Waals surface area contributed by atoms with Crippen LogP contribution in [0.25, 0.3) is 22.3 Å². The molecule has 0 fully saturated rings. The van der Waals surface area contributed by atoms with Gasteiger partial charge in [0.1, 0.15) is 0 Å². The predicted molar refractivity (Wildman–Crippen MR) is 131 cm³/mol. The number of carbonyl (C=O) groups is 1. The number of nitrogen functional groups attached to an aromatic ring is 2. The Morgan fingerprint density at radius 1 is 0.774 bits per heavy atom. The molecular weight excluding hydrogens is 455 g/mol. The van der Waals surface area contributed by atoms with E-state index in [0.29, 0.717) is 43.7 Å². The molecule has 0 aliphatic carbocycles. The number of nitrogens with one attached hydrogen (secondary N) is 2. The van der Waals surface area contributed by atoms with Crippen molar-refractivity contribution in [3.63, 3.8) is 0 Å². The fraction of sp³-hybridized carbons (Fsp3) is 0.0870. The number of ketones is 1. The Morgan fingerprint density at radius 2 is 1.16 bits per heavy atom. The minimum atomic E-state index is -0.173. The van der Waals surface area contributed by atoms with E-state index in [4.69, 9.17) is 34.7 Å². The van der Waals surface area contributed by atoms with Gasteiger partial charge in [0.15, 0.2) is 5.78 Å². The number of hydrogen-bond acceptors (Lipinski definition) is 3. The zero-order valence-corrected chi connectivity index (χ0v) is 19.2. The fourth-order valence-corrected chi connectivity index (χ4v) is 4.14. The molecule has 0 saturated heterocycles. The van der Waals surface area contributed by atoms with E-state index in [0.717, 1.165) is 22.5 Å². The summed E-state index contributed by atoms with van der Waals surface area (Å²) in [7, 11) is 0. The summed E-state index contributed by atoms with van der Waals surface area (Å²) in [6, 6.07) is 10.3. The molecule has 4 rings (SSSR count). The van der Waals surface area contributed by atoms with Crippen molar-refractivity contribution in [1.29, 1.82) is 0 Å². The molecule has 0 amide bonds. The molecule has 2 aromatic heterocycles. The number of aromatic amines is 2. The Balaban J connectivity index is 0.00000272. The molecule has 0 saturated carbocycles. The number of rotatable bonds is 4. The first-order valence-electron chi connectivity index (χ1n) is 9.29. The maximum absolute atomic E-state index is 13.8. The first kappa shape index (κ1) is 22.8. The molecule has 2 heterocycles. The first-order chi connectivity index (χ1) is 14.3. The average Bonchev–Trinajstić information content (AvgIpc) is 3.21. The lowest BCUT2D eigenvalue weighted by Gasteiger charge is -2.14. The normalized spacial score (nSPS) is 10.7.